The molecule has 1 aliphatic rings. The summed E-state index contributed by atoms with van der Waals surface area (Å²) in [5.41, 5.74) is 3.00. The van der Waals surface area contributed by atoms with E-state index >= 15 is 0 Å². The number of unbranched alkanes of at least 4 members (excludes halogenated alkanes) is 4. The van der Waals surface area contributed by atoms with Crippen molar-refractivity contribution in [2.24, 2.45) is 0 Å². The van der Waals surface area contributed by atoms with Gasteiger partial charge in [-0.05, 0) is 42.8 Å². The van der Waals surface area contributed by atoms with Gasteiger partial charge in [-0.15, -0.1) is 0 Å². The van der Waals surface area contributed by atoms with Gasteiger partial charge < -0.3 is 14.2 Å². The minimum absolute atomic E-state index is 0.230. The van der Waals surface area contributed by atoms with Crippen molar-refractivity contribution in [3.63, 3.8) is 0 Å². The van der Waals surface area contributed by atoms with Crippen LogP contribution in [0.3, 0.4) is 0 Å². The molecule has 0 saturated carbocycles. The Morgan fingerprint density at radius 1 is 0.815 bits per heavy atom. The maximum Gasteiger partial charge on any atom is 0.184 e. The minimum atomic E-state index is -0.230. The van der Waals surface area contributed by atoms with Crippen LogP contribution in [0.5, 0.6) is 5.75 Å². The van der Waals surface area contributed by atoms with Gasteiger partial charge in [-0.1, -0.05) is 56.6 Å². The van der Waals surface area contributed by atoms with Crippen LogP contribution in [0.15, 0.2) is 48.5 Å². The Hall–Kier alpha value is -2.28. The van der Waals surface area contributed by atoms with Crippen LogP contribution in [0.4, 0.5) is 0 Å². The third-order valence-electron chi connectivity index (χ3n) is 4.53. The molecule has 1 saturated heterocycles. The molecule has 0 atom stereocenters. The van der Waals surface area contributed by atoms with E-state index in [1.807, 2.05) is 48.5 Å². The van der Waals surface area contributed by atoms with Crippen molar-refractivity contribution in [2.45, 2.75) is 45.3 Å². The smallest absolute Gasteiger partial charge is 0.184 e. The minimum Gasteiger partial charge on any atom is -0.494 e. The average Bonchev–Trinajstić information content (AvgIpc) is 3.25. The summed E-state index contributed by atoms with van der Waals surface area (Å²) in [5.74, 6) is 7.31. The van der Waals surface area contributed by atoms with Gasteiger partial charge in [0.25, 0.3) is 0 Å². The van der Waals surface area contributed by atoms with E-state index in [4.69, 9.17) is 14.2 Å². The highest BCUT2D eigenvalue weighted by atomic mass is 16.7. The van der Waals surface area contributed by atoms with Gasteiger partial charge in [0.2, 0.25) is 0 Å². The predicted molar refractivity (Wildman–Crippen MR) is 108 cm³/mol. The summed E-state index contributed by atoms with van der Waals surface area (Å²) in [6.07, 6.45) is 6.03. The fraction of sp³-hybridized carbons (Fsp3) is 0.417. The molecule has 3 heteroatoms. The van der Waals surface area contributed by atoms with Gasteiger partial charge >= 0.3 is 0 Å². The van der Waals surface area contributed by atoms with Crippen LogP contribution in [0.25, 0.3) is 0 Å². The Morgan fingerprint density at radius 2 is 1.41 bits per heavy atom. The summed E-state index contributed by atoms with van der Waals surface area (Å²) < 4.78 is 16.8. The molecule has 0 aliphatic carbocycles. The molecule has 0 unspecified atom stereocenters. The van der Waals surface area contributed by atoms with E-state index in [9.17, 15) is 0 Å². The fourth-order valence-corrected chi connectivity index (χ4v) is 2.95. The van der Waals surface area contributed by atoms with Crippen LogP contribution >= 0.6 is 0 Å². The second-order valence-corrected chi connectivity index (χ2v) is 6.73. The van der Waals surface area contributed by atoms with Crippen molar-refractivity contribution in [1.29, 1.82) is 0 Å². The van der Waals surface area contributed by atoms with E-state index in [1.165, 1.54) is 25.7 Å². The highest BCUT2D eigenvalue weighted by Crippen LogP contribution is 2.23. The van der Waals surface area contributed by atoms with Crippen molar-refractivity contribution in [1.82, 2.24) is 0 Å². The highest BCUT2D eigenvalue weighted by Gasteiger charge is 2.17. The Morgan fingerprint density at radius 3 is 2.04 bits per heavy atom. The van der Waals surface area contributed by atoms with Crippen molar-refractivity contribution in [3.8, 4) is 17.6 Å². The third-order valence-corrected chi connectivity index (χ3v) is 4.53. The lowest BCUT2D eigenvalue weighted by Crippen LogP contribution is -1.97. The van der Waals surface area contributed by atoms with Crippen molar-refractivity contribution < 1.29 is 14.2 Å². The Labute approximate surface area is 162 Å². The monoisotopic (exact) mass is 364 g/mol. The molecule has 0 amide bonds. The molecular weight excluding hydrogens is 336 g/mol. The fourth-order valence-electron chi connectivity index (χ4n) is 2.95. The zero-order valence-electron chi connectivity index (χ0n) is 16.1. The van der Waals surface area contributed by atoms with Gasteiger partial charge in [-0.3, -0.25) is 0 Å². The molecule has 1 aliphatic heterocycles. The first-order valence-electron chi connectivity index (χ1n) is 9.93. The molecule has 0 N–H and O–H groups in total. The molecule has 0 radical (unpaired) electrons. The first kappa shape index (κ1) is 19.5. The lowest BCUT2D eigenvalue weighted by atomic mass is 10.1. The number of benzene rings is 2. The summed E-state index contributed by atoms with van der Waals surface area (Å²) >= 11 is 0. The molecule has 27 heavy (non-hydrogen) atoms. The molecule has 142 valence electrons. The van der Waals surface area contributed by atoms with Gasteiger partial charge in [-0.2, -0.15) is 0 Å². The lowest BCUT2D eigenvalue weighted by Gasteiger charge is -2.08. The molecule has 1 fully saturated rings. The highest BCUT2D eigenvalue weighted by molar-refractivity contribution is 5.44. The van der Waals surface area contributed by atoms with Crippen molar-refractivity contribution >= 4 is 0 Å². The predicted octanol–water partition coefficient (Wildman–Crippen LogP) is 5.48. The standard InChI is InChI=1S/C24H28O3/c1-2-3-4-5-6-17-25-23-15-11-21(12-16-23)8-7-20-9-13-22(14-10-20)24-26-18-19-27-24/h9-16,24H,2-6,17-19H2,1H3. The van der Waals surface area contributed by atoms with E-state index in [-0.39, 0.29) is 6.29 Å². The summed E-state index contributed by atoms with van der Waals surface area (Å²) in [6, 6.07) is 16.0. The van der Waals surface area contributed by atoms with Crippen LogP contribution in [0.1, 0.15) is 62.0 Å². The summed E-state index contributed by atoms with van der Waals surface area (Å²) in [4.78, 5) is 0. The molecule has 0 spiro atoms. The molecule has 2 aromatic carbocycles. The summed E-state index contributed by atoms with van der Waals surface area (Å²) in [7, 11) is 0. The molecular formula is C24H28O3. The second kappa shape index (κ2) is 10.8. The summed E-state index contributed by atoms with van der Waals surface area (Å²) in [5, 5.41) is 0. The first-order chi connectivity index (χ1) is 13.3. The third kappa shape index (κ3) is 6.43. The first-order valence-corrected chi connectivity index (χ1v) is 9.93. The normalized spacial score (nSPS) is 14.0. The quantitative estimate of drug-likeness (QED) is 0.458. The van der Waals surface area contributed by atoms with Gasteiger partial charge in [-0.25, -0.2) is 0 Å². The molecule has 1 heterocycles. The Bertz CT molecular complexity index is 732. The number of hydrogen-bond donors (Lipinski definition) is 0. The van der Waals surface area contributed by atoms with E-state index in [0.717, 1.165) is 35.5 Å². The topological polar surface area (TPSA) is 27.7 Å². The van der Waals surface area contributed by atoms with E-state index in [0.29, 0.717) is 13.2 Å². The molecule has 2 aromatic rings. The largest absolute Gasteiger partial charge is 0.494 e. The number of hydrogen-bond acceptors (Lipinski definition) is 3. The van der Waals surface area contributed by atoms with E-state index < -0.39 is 0 Å². The number of rotatable bonds is 8. The van der Waals surface area contributed by atoms with Crippen LogP contribution in [0, 0.1) is 11.8 Å². The SMILES string of the molecule is CCCCCCCOc1ccc(C#Cc2ccc(C3OCCO3)cc2)cc1. The average molecular weight is 364 g/mol. The molecule has 0 aromatic heterocycles. The maximum absolute atomic E-state index is 5.79. The Balaban J connectivity index is 1.47. The molecule has 0 bridgehead atoms. The van der Waals surface area contributed by atoms with Gasteiger partial charge in [0.05, 0.1) is 19.8 Å². The second-order valence-electron chi connectivity index (χ2n) is 6.73. The van der Waals surface area contributed by atoms with Crippen molar-refractivity contribution in [2.75, 3.05) is 19.8 Å². The maximum atomic E-state index is 5.79. The van der Waals surface area contributed by atoms with Crippen LogP contribution in [-0.2, 0) is 9.47 Å². The van der Waals surface area contributed by atoms with E-state index in [2.05, 4.69) is 18.8 Å². The summed E-state index contributed by atoms with van der Waals surface area (Å²) in [6.45, 7) is 4.33. The van der Waals surface area contributed by atoms with Crippen LogP contribution in [0.2, 0.25) is 0 Å². The Kier molecular flexibility index (Phi) is 7.77. The van der Waals surface area contributed by atoms with E-state index in [1.54, 1.807) is 0 Å². The van der Waals surface area contributed by atoms with Gasteiger partial charge in [0.15, 0.2) is 6.29 Å². The van der Waals surface area contributed by atoms with Crippen LogP contribution < -0.4 is 4.74 Å². The van der Waals surface area contributed by atoms with Gasteiger partial charge in [0.1, 0.15) is 5.75 Å². The van der Waals surface area contributed by atoms with Gasteiger partial charge in [0, 0.05) is 16.7 Å². The van der Waals surface area contributed by atoms with Crippen LogP contribution in [-0.4, -0.2) is 19.8 Å². The molecule has 3 rings (SSSR count). The lowest BCUT2D eigenvalue weighted by molar-refractivity contribution is -0.0441. The number of ether oxygens (including phenoxy) is 3. The molecule has 3 nitrogen and oxygen atoms in total. The zero-order chi connectivity index (χ0) is 18.7. The zero-order valence-corrected chi connectivity index (χ0v) is 16.1. The van der Waals surface area contributed by atoms with Crippen molar-refractivity contribution in [3.05, 3.63) is 65.2 Å².